The Morgan fingerprint density at radius 1 is 1.42 bits per heavy atom. The van der Waals surface area contributed by atoms with Crippen LogP contribution in [0.25, 0.3) is 5.65 Å². The lowest BCUT2D eigenvalue weighted by Gasteiger charge is -2.10. The fourth-order valence-electron chi connectivity index (χ4n) is 2.54. The molecule has 1 saturated heterocycles. The number of aromatic nitrogens is 4. The molecule has 1 aliphatic rings. The largest absolute Gasteiger partial charge is 0.352 e. The lowest BCUT2D eigenvalue weighted by molar-refractivity contribution is -0.119. The van der Waals surface area contributed by atoms with Crippen LogP contribution in [-0.2, 0) is 14.6 Å². The van der Waals surface area contributed by atoms with Crippen molar-refractivity contribution in [2.45, 2.75) is 37.3 Å². The van der Waals surface area contributed by atoms with E-state index in [1.54, 1.807) is 10.6 Å². The first-order valence-electron chi connectivity index (χ1n) is 7.69. The summed E-state index contributed by atoms with van der Waals surface area (Å²) in [5.41, 5.74) is 0.670. The molecule has 2 aromatic rings. The zero-order chi connectivity index (χ0) is 17.3. The number of thioether (sulfide) groups is 1. The third-order valence-electron chi connectivity index (χ3n) is 3.73. The molecule has 0 aromatic carbocycles. The van der Waals surface area contributed by atoms with Gasteiger partial charge in [0.05, 0.1) is 17.3 Å². The molecule has 130 valence electrons. The number of carbonyl (C=O) groups excluding carboxylic acids is 1. The number of carbonyl (C=O) groups is 1. The highest BCUT2D eigenvalue weighted by Gasteiger charge is 2.28. The lowest BCUT2D eigenvalue weighted by atomic mass is 10.2. The molecule has 8 nitrogen and oxygen atoms in total. The summed E-state index contributed by atoms with van der Waals surface area (Å²) in [5, 5.41) is 16.1. The molecular weight excluding hydrogens is 350 g/mol. The maximum atomic E-state index is 12.0. The minimum Gasteiger partial charge on any atom is -0.352 e. The van der Waals surface area contributed by atoms with E-state index in [0.29, 0.717) is 17.1 Å². The minimum atomic E-state index is -2.99. The fraction of sp³-hybridized carbons (Fsp3) is 0.571. The van der Waals surface area contributed by atoms with Gasteiger partial charge in [-0.2, -0.15) is 9.61 Å². The smallest absolute Gasteiger partial charge is 0.230 e. The normalized spacial score (nSPS) is 19.9. The van der Waals surface area contributed by atoms with Crippen molar-refractivity contribution in [1.82, 2.24) is 25.1 Å². The number of amides is 1. The van der Waals surface area contributed by atoms with Gasteiger partial charge in [0.2, 0.25) is 5.91 Å². The van der Waals surface area contributed by atoms with E-state index < -0.39 is 9.84 Å². The van der Waals surface area contributed by atoms with Gasteiger partial charge >= 0.3 is 0 Å². The van der Waals surface area contributed by atoms with Gasteiger partial charge in [0.15, 0.2) is 21.3 Å². The summed E-state index contributed by atoms with van der Waals surface area (Å²) >= 11 is 1.30. The van der Waals surface area contributed by atoms with Gasteiger partial charge in [-0.05, 0) is 18.6 Å². The average molecular weight is 369 g/mol. The highest BCUT2D eigenvalue weighted by molar-refractivity contribution is 7.99. The highest BCUT2D eigenvalue weighted by Crippen LogP contribution is 2.18. The molecule has 1 N–H and O–H groups in total. The molecule has 0 saturated carbocycles. The maximum Gasteiger partial charge on any atom is 0.230 e. The number of rotatable bonds is 5. The minimum absolute atomic E-state index is 0.0338. The van der Waals surface area contributed by atoms with E-state index in [1.807, 2.05) is 19.9 Å². The molecule has 0 aliphatic carbocycles. The van der Waals surface area contributed by atoms with Gasteiger partial charge in [-0.25, -0.2) is 8.42 Å². The van der Waals surface area contributed by atoms with Crippen LogP contribution in [0.4, 0.5) is 0 Å². The van der Waals surface area contributed by atoms with E-state index in [-0.39, 0.29) is 35.1 Å². The van der Waals surface area contributed by atoms with Crippen molar-refractivity contribution < 1.29 is 13.2 Å². The first-order valence-corrected chi connectivity index (χ1v) is 10.5. The Morgan fingerprint density at radius 3 is 2.88 bits per heavy atom. The molecule has 3 rings (SSSR count). The number of sulfone groups is 1. The third kappa shape index (κ3) is 3.86. The molecule has 1 atom stereocenters. The molecular formula is C14H19N5O3S2. The molecule has 0 radical (unpaired) electrons. The zero-order valence-electron chi connectivity index (χ0n) is 13.5. The van der Waals surface area contributed by atoms with E-state index in [2.05, 4.69) is 20.6 Å². The predicted molar refractivity (Wildman–Crippen MR) is 90.8 cm³/mol. The van der Waals surface area contributed by atoms with Crippen LogP contribution in [0.1, 0.15) is 32.0 Å². The van der Waals surface area contributed by atoms with Crippen LogP contribution < -0.4 is 5.32 Å². The van der Waals surface area contributed by atoms with Crippen LogP contribution in [0.15, 0.2) is 17.2 Å². The molecule has 3 heterocycles. The van der Waals surface area contributed by atoms with Crippen molar-refractivity contribution in [3.05, 3.63) is 18.0 Å². The van der Waals surface area contributed by atoms with Crippen LogP contribution in [0.3, 0.4) is 0 Å². The third-order valence-corrected chi connectivity index (χ3v) is 6.42. The molecule has 24 heavy (non-hydrogen) atoms. The fourth-order valence-corrected chi connectivity index (χ4v) is 4.88. The van der Waals surface area contributed by atoms with E-state index in [9.17, 15) is 13.2 Å². The first kappa shape index (κ1) is 17.2. The SMILES string of the molecule is CC(C)c1nnc2ccc(SCC(=O)N[C@@H]3CCS(=O)(=O)C3)nn12. The first-order chi connectivity index (χ1) is 11.3. The number of hydrogen-bond acceptors (Lipinski definition) is 7. The Kier molecular flexibility index (Phi) is 4.77. The molecule has 1 amide bonds. The molecule has 0 unspecified atom stereocenters. The standard InChI is InChI=1S/C14H19N5O3S2/c1-9(2)14-17-16-11-3-4-13(18-19(11)14)23-7-12(20)15-10-5-6-24(21,22)8-10/h3-4,9-10H,5-8H2,1-2H3,(H,15,20)/t10-/m1/s1. The number of nitrogens with zero attached hydrogens (tertiary/aromatic N) is 4. The molecule has 2 aromatic heterocycles. The van der Waals surface area contributed by atoms with Crippen molar-refractivity contribution >= 4 is 33.2 Å². The predicted octanol–water partition coefficient (Wildman–Crippen LogP) is 0.643. The van der Waals surface area contributed by atoms with Crippen molar-refractivity contribution in [2.75, 3.05) is 17.3 Å². The zero-order valence-corrected chi connectivity index (χ0v) is 15.1. The number of hydrogen-bond donors (Lipinski definition) is 1. The number of fused-ring (bicyclic) bond motifs is 1. The lowest BCUT2D eigenvalue weighted by Crippen LogP contribution is -2.36. The van der Waals surface area contributed by atoms with Gasteiger partial charge in [0, 0.05) is 12.0 Å². The topological polar surface area (TPSA) is 106 Å². The monoisotopic (exact) mass is 369 g/mol. The van der Waals surface area contributed by atoms with E-state index in [1.165, 1.54) is 11.8 Å². The van der Waals surface area contributed by atoms with Gasteiger partial charge in [-0.15, -0.1) is 10.2 Å². The van der Waals surface area contributed by atoms with E-state index in [0.717, 1.165) is 5.82 Å². The average Bonchev–Trinajstić information content (AvgIpc) is 3.07. The molecule has 1 fully saturated rings. The van der Waals surface area contributed by atoms with Crippen molar-refractivity contribution in [3.63, 3.8) is 0 Å². The van der Waals surface area contributed by atoms with Gasteiger partial charge in [-0.1, -0.05) is 25.6 Å². The highest BCUT2D eigenvalue weighted by atomic mass is 32.2. The van der Waals surface area contributed by atoms with Crippen LogP contribution in [0.5, 0.6) is 0 Å². The van der Waals surface area contributed by atoms with Gasteiger partial charge in [-0.3, -0.25) is 4.79 Å². The Bertz CT molecular complexity index is 862. The second-order valence-electron chi connectivity index (χ2n) is 6.11. The summed E-state index contributed by atoms with van der Waals surface area (Å²) in [6, 6.07) is 3.34. The molecule has 1 aliphatic heterocycles. The Labute approximate surface area is 144 Å². The summed E-state index contributed by atoms with van der Waals surface area (Å²) in [6.45, 7) is 4.03. The summed E-state index contributed by atoms with van der Waals surface area (Å²) in [6.07, 6.45) is 0.488. The van der Waals surface area contributed by atoms with E-state index >= 15 is 0 Å². The maximum absolute atomic E-state index is 12.0. The van der Waals surface area contributed by atoms with Gasteiger partial charge < -0.3 is 5.32 Å². The molecule has 0 spiro atoms. The van der Waals surface area contributed by atoms with Crippen LogP contribution >= 0.6 is 11.8 Å². The Balaban J connectivity index is 1.61. The summed E-state index contributed by atoms with van der Waals surface area (Å²) in [4.78, 5) is 12.0. The summed E-state index contributed by atoms with van der Waals surface area (Å²) < 4.78 is 24.5. The summed E-state index contributed by atoms with van der Waals surface area (Å²) in [7, 11) is -2.99. The quantitative estimate of drug-likeness (QED) is 0.771. The van der Waals surface area contributed by atoms with E-state index in [4.69, 9.17) is 0 Å². The van der Waals surface area contributed by atoms with Crippen molar-refractivity contribution in [1.29, 1.82) is 0 Å². The van der Waals surface area contributed by atoms with Crippen LogP contribution in [-0.4, -0.2) is 57.4 Å². The van der Waals surface area contributed by atoms with Gasteiger partial charge in [0.1, 0.15) is 5.03 Å². The van der Waals surface area contributed by atoms with Crippen LogP contribution in [0.2, 0.25) is 0 Å². The Hall–Kier alpha value is -1.68. The van der Waals surface area contributed by atoms with Gasteiger partial charge in [0.25, 0.3) is 0 Å². The second-order valence-corrected chi connectivity index (χ2v) is 9.33. The number of nitrogens with one attached hydrogen (secondary N) is 1. The molecule has 0 bridgehead atoms. The van der Waals surface area contributed by atoms with Crippen molar-refractivity contribution in [3.8, 4) is 0 Å². The Morgan fingerprint density at radius 2 is 2.21 bits per heavy atom. The molecule has 10 heteroatoms. The van der Waals surface area contributed by atoms with Crippen LogP contribution in [0, 0.1) is 0 Å². The second kappa shape index (κ2) is 6.67. The summed E-state index contributed by atoms with van der Waals surface area (Å²) in [5.74, 6) is 1.15. The van der Waals surface area contributed by atoms with Crippen molar-refractivity contribution in [2.24, 2.45) is 0 Å².